The Balaban J connectivity index is 1.87. The Morgan fingerprint density at radius 1 is 1.50 bits per heavy atom. The summed E-state index contributed by atoms with van der Waals surface area (Å²) in [5, 5.41) is 3.29. The van der Waals surface area contributed by atoms with Crippen LogP contribution < -0.4 is 5.32 Å². The lowest BCUT2D eigenvalue weighted by Gasteiger charge is -2.14. The molecule has 1 N–H and O–H groups in total. The number of rotatable bonds is 6. The fraction of sp³-hybridized carbons (Fsp3) is 0.643. The van der Waals surface area contributed by atoms with Crippen LogP contribution in [-0.4, -0.2) is 18.6 Å². The first-order valence-electron chi connectivity index (χ1n) is 6.75. The van der Waals surface area contributed by atoms with Crippen LogP contribution in [0.1, 0.15) is 42.0 Å². The molecule has 100 valence electrons. The second-order valence-electron chi connectivity index (χ2n) is 4.61. The molecule has 18 heavy (non-hydrogen) atoms. The average molecular weight is 267 g/mol. The summed E-state index contributed by atoms with van der Waals surface area (Å²) in [6.07, 6.45) is 4.52. The van der Waals surface area contributed by atoms with Crippen molar-refractivity contribution in [3.63, 3.8) is 0 Å². The van der Waals surface area contributed by atoms with Gasteiger partial charge in [0, 0.05) is 16.3 Å². The molecule has 0 radical (unpaired) electrons. The quantitative estimate of drug-likeness (QED) is 0.805. The van der Waals surface area contributed by atoms with Crippen molar-refractivity contribution in [1.29, 1.82) is 0 Å². The molecule has 0 bridgehead atoms. The molecule has 0 amide bonds. The molecule has 0 aromatic carbocycles. The predicted octanol–water partition coefficient (Wildman–Crippen LogP) is 2.67. The van der Waals surface area contributed by atoms with Crippen molar-refractivity contribution in [2.75, 3.05) is 6.61 Å². The summed E-state index contributed by atoms with van der Waals surface area (Å²) in [6, 6.07) is 2.11. The third-order valence-electron chi connectivity index (χ3n) is 3.30. The Labute approximate surface area is 113 Å². The van der Waals surface area contributed by atoms with Gasteiger partial charge in [-0.15, -0.1) is 11.3 Å². The van der Waals surface area contributed by atoms with Crippen LogP contribution in [-0.2, 0) is 28.9 Å². The number of ether oxygens (including phenoxy) is 1. The Morgan fingerprint density at radius 2 is 2.33 bits per heavy atom. The fourth-order valence-corrected chi connectivity index (χ4v) is 3.55. The van der Waals surface area contributed by atoms with Crippen molar-refractivity contribution in [3.8, 4) is 0 Å². The number of carbonyl (C=O) groups is 1. The number of hydrogen-bond donors (Lipinski definition) is 1. The summed E-state index contributed by atoms with van der Waals surface area (Å²) < 4.78 is 5.05. The van der Waals surface area contributed by atoms with Gasteiger partial charge in [-0.3, -0.25) is 10.1 Å². The Hall–Kier alpha value is -0.870. The van der Waals surface area contributed by atoms with Crippen LogP contribution in [0.25, 0.3) is 0 Å². The van der Waals surface area contributed by atoms with Crippen LogP contribution >= 0.6 is 11.3 Å². The van der Waals surface area contributed by atoms with Crippen LogP contribution in [0.2, 0.25) is 0 Å². The molecule has 0 fully saturated rings. The highest BCUT2D eigenvalue weighted by Gasteiger charge is 2.19. The Bertz CT molecular complexity index is 392. The monoisotopic (exact) mass is 267 g/mol. The lowest BCUT2D eigenvalue weighted by atomic mass is 10.2. The van der Waals surface area contributed by atoms with Crippen LogP contribution in [0.15, 0.2) is 6.07 Å². The second-order valence-corrected chi connectivity index (χ2v) is 5.83. The summed E-state index contributed by atoms with van der Waals surface area (Å²) in [6.45, 7) is 5.07. The van der Waals surface area contributed by atoms with Crippen LogP contribution in [0, 0.1) is 0 Å². The summed E-state index contributed by atoms with van der Waals surface area (Å²) >= 11 is 1.88. The van der Waals surface area contributed by atoms with Gasteiger partial charge in [0.05, 0.1) is 6.61 Å². The molecule has 0 spiro atoms. The molecule has 4 heteroatoms. The van der Waals surface area contributed by atoms with Crippen molar-refractivity contribution in [1.82, 2.24) is 5.32 Å². The van der Waals surface area contributed by atoms with E-state index in [0.717, 1.165) is 13.0 Å². The van der Waals surface area contributed by atoms with E-state index in [9.17, 15) is 4.79 Å². The largest absolute Gasteiger partial charge is 0.465 e. The maximum absolute atomic E-state index is 11.7. The van der Waals surface area contributed by atoms with Gasteiger partial charge in [-0.25, -0.2) is 0 Å². The molecule has 0 saturated heterocycles. The first-order chi connectivity index (χ1) is 8.74. The number of esters is 1. The zero-order valence-corrected chi connectivity index (χ0v) is 11.9. The molecule has 1 aromatic rings. The van der Waals surface area contributed by atoms with Crippen molar-refractivity contribution in [2.45, 2.75) is 52.1 Å². The summed E-state index contributed by atoms with van der Waals surface area (Å²) in [5.74, 6) is -0.135. The third-order valence-corrected chi connectivity index (χ3v) is 4.54. The van der Waals surface area contributed by atoms with Gasteiger partial charge in [-0.2, -0.15) is 0 Å². The van der Waals surface area contributed by atoms with Gasteiger partial charge >= 0.3 is 5.97 Å². The van der Waals surface area contributed by atoms with E-state index >= 15 is 0 Å². The van der Waals surface area contributed by atoms with Crippen LogP contribution in [0.4, 0.5) is 0 Å². The van der Waals surface area contributed by atoms with E-state index < -0.39 is 0 Å². The number of carbonyl (C=O) groups excluding carboxylic acids is 1. The number of fused-ring (bicyclic) bond motifs is 1. The minimum absolute atomic E-state index is 0.135. The van der Waals surface area contributed by atoms with E-state index in [-0.39, 0.29) is 12.0 Å². The minimum atomic E-state index is -0.179. The van der Waals surface area contributed by atoms with Crippen molar-refractivity contribution in [3.05, 3.63) is 21.4 Å². The highest BCUT2D eigenvalue weighted by Crippen LogP contribution is 2.30. The molecule has 1 aromatic heterocycles. The van der Waals surface area contributed by atoms with Gasteiger partial charge in [0.1, 0.15) is 6.04 Å². The maximum atomic E-state index is 11.7. The van der Waals surface area contributed by atoms with Gasteiger partial charge < -0.3 is 4.74 Å². The molecular weight excluding hydrogens is 246 g/mol. The predicted molar refractivity (Wildman–Crippen MR) is 73.9 cm³/mol. The molecule has 1 aliphatic carbocycles. The minimum Gasteiger partial charge on any atom is -0.465 e. The van der Waals surface area contributed by atoms with Crippen molar-refractivity contribution < 1.29 is 9.53 Å². The topological polar surface area (TPSA) is 38.3 Å². The van der Waals surface area contributed by atoms with E-state index in [1.807, 2.05) is 25.2 Å². The second kappa shape index (κ2) is 6.34. The first kappa shape index (κ1) is 13.6. The van der Waals surface area contributed by atoms with Crippen LogP contribution in [0.3, 0.4) is 0 Å². The van der Waals surface area contributed by atoms with E-state index in [0.29, 0.717) is 6.61 Å². The van der Waals surface area contributed by atoms with Crippen molar-refractivity contribution >= 4 is 17.3 Å². The molecule has 1 heterocycles. The molecule has 1 atom stereocenters. The summed E-state index contributed by atoms with van der Waals surface area (Å²) in [4.78, 5) is 14.5. The van der Waals surface area contributed by atoms with Gasteiger partial charge in [-0.1, -0.05) is 6.92 Å². The molecule has 1 aliphatic rings. The average Bonchev–Trinajstić information content (AvgIpc) is 2.90. The van der Waals surface area contributed by atoms with Crippen molar-refractivity contribution in [2.24, 2.45) is 0 Å². The number of thiophene rings is 1. The Morgan fingerprint density at radius 3 is 3.00 bits per heavy atom. The fourth-order valence-electron chi connectivity index (χ4n) is 2.34. The highest BCUT2D eigenvalue weighted by atomic mass is 32.1. The SMILES string of the molecule is CCOC(=O)C(CC)NCc1cc2c(s1)CCC2. The van der Waals surface area contributed by atoms with Gasteiger partial charge in [0.15, 0.2) is 0 Å². The zero-order chi connectivity index (χ0) is 13.0. The number of hydrogen-bond acceptors (Lipinski definition) is 4. The first-order valence-corrected chi connectivity index (χ1v) is 7.56. The van der Waals surface area contributed by atoms with Gasteiger partial charge in [0.25, 0.3) is 0 Å². The molecule has 0 aliphatic heterocycles. The molecule has 2 rings (SSSR count). The highest BCUT2D eigenvalue weighted by molar-refractivity contribution is 7.12. The maximum Gasteiger partial charge on any atom is 0.323 e. The Kier molecular flexibility index (Phi) is 4.78. The molecule has 3 nitrogen and oxygen atoms in total. The lowest BCUT2D eigenvalue weighted by Crippen LogP contribution is -2.36. The number of nitrogens with one attached hydrogen (secondary N) is 1. The van der Waals surface area contributed by atoms with E-state index in [1.54, 1.807) is 0 Å². The standard InChI is InChI=1S/C14H21NO2S/c1-3-12(14(16)17-4-2)15-9-11-8-10-6-5-7-13(10)18-11/h8,12,15H,3-7,9H2,1-2H3. The lowest BCUT2D eigenvalue weighted by molar-refractivity contribution is -0.145. The van der Waals surface area contributed by atoms with Gasteiger partial charge in [-0.05, 0) is 44.2 Å². The van der Waals surface area contributed by atoms with Crippen LogP contribution in [0.5, 0.6) is 0 Å². The molecule has 0 saturated carbocycles. The van der Waals surface area contributed by atoms with E-state index in [1.165, 1.54) is 34.6 Å². The molecule has 1 unspecified atom stereocenters. The molecular formula is C14H21NO2S. The number of aryl methyl sites for hydroxylation is 2. The van der Waals surface area contributed by atoms with E-state index in [2.05, 4.69) is 11.4 Å². The normalized spacial score (nSPS) is 15.4. The van der Waals surface area contributed by atoms with Gasteiger partial charge in [0.2, 0.25) is 0 Å². The third kappa shape index (κ3) is 3.12. The van der Waals surface area contributed by atoms with E-state index in [4.69, 9.17) is 4.74 Å². The summed E-state index contributed by atoms with van der Waals surface area (Å²) in [5.41, 5.74) is 1.51. The zero-order valence-electron chi connectivity index (χ0n) is 11.1. The smallest absolute Gasteiger partial charge is 0.323 e. The summed E-state index contributed by atoms with van der Waals surface area (Å²) in [7, 11) is 0.